The number of rotatable bonds is 5. The summed E-state index contributed by atoms with van der Waals surface area (Å²) < 4.78 is 0.854. The van der Waals surface area contributed by atoms with Gasteiger partial charge in [0.2, 0.25) is 5.91 Å². The number of likely N-dealkylation sites (tertiary alicyclic amines) is 1. The zero-order chi connectivity index (χ0) is 19.4. The van der Waals surface area contributed by atoms with Crippen molar-refractivity contribution in [3.05, 3.63) is 50.1 Å². The van der Waals surface area contributed by atoms with E-state index < -0.39 is 0 Å². The van der Waals surface area contributed by atoms with Crippen molar-refractivity contribution in [1.29, 1.82) is 0 Å². The number of nitrogens with zero attached hydrogens (tertiary/aromatic N) is 1. The summed E-state index contributed by atoms with van der Waals surface area (Å²) in [6.07, 6.45) is 2.06. The fourth-order valence-electron chi connectivity index (χ4n) is 2.97. The molecule has 0 radical (unpaired) electrons. The second-order valence-corrected chi connectivity index (χ2v) is 8.78. The minimum absolute atomic E-state index is 0.00215. The summed E-state index contributed by atoms with van der Waals surface area (Å²) >= 11 is 4.61. The van der Waals surface area contributed by atoms with Gasteiger partial charge in [0.15, 0.2) is 0 Å². The molecule has 6 nitrogen and oxygen atoms in total. The van der Waals surface area contributed by atoms with Crippen LogP contribution in [0, 0.1) is 6.92 Å². The van der Waals surface area contributed by atoms with Gasteiger partial charge in [0.05, 0.1) is 15.2 Å². The van der Waals surface area contributed by atoms with Gasteiger partial charge in [0.1, 0.15) is 0 Å². The van der Waals surface area contributed by atoms with Gasteiger partial charge in [0.25, 0.3) is 11.8 Å². The Balaban J connectivity index is 1.61. The van der Waals surface area contributed by atoms with E-state index in [1.807, 2.05) is 11.8 Å². The maximum Gasteiger partial charge on any atom is 0.261 e. The van der Waals surface area contributed by atoms with Crippen LogP contribution in [0.25, 0.3) is 0 Å². The van der Waals surface area contributed by atoms with E-state index in [9.17, 15) is 14.4 Å². The quantitative estimate of drug-likeness (QED) is 0.733. The highest BCUT2D eigenvalue weighted by atomic mass is 79.9. The Morgan fingerprint density at radius 2 is 1.89 bits per heavy atom. The normalized spacial score (nSPS) is 13.5. The van der Waals surface area contributed by atoms with Crippen molar-refractivity contribution in [2.45, 2.75) is 19.8 Å². The summed E-state index contributed by atoms with van der Waals surface area (Å²) in [5.41, 5.74) is 1.91. The van der Waals surface area contributed by atoms with E-state index >= 15 is 0 Å². The highest BCUT2D eigenvalue weighted by Gasteiger charge is 2.22. The third kappa shape index (κ3) is 4.75. The van der Waals surface area contributed by atoms with Crippen LogP contribution < -0.4 is 10.6 Å². The third-order valence-corrected chi connectivity index (χ3v) is 6.06. The molecule has 27 heavy (non-hydrogen) atoms. The molecule has 0 unspecified atom stereocenters. The lowest BCUT2D eigenvalue weighted by molar-refractivity contribution is -0.115. The molecule has 1 saturated heterocycles. The molecule has 0 aliphatic carbocycles. The number of benzene rings is 1. The molecular weight excluding hydrogens is 430 g/mol. The van der Waals surface area contributed by atoms with Crippen molar-refractivity contribution in [3.63, 3.8) is 0 Å². The van der Waals surface area contributed by atoms with Gasteiger partial charge in [-0.05, 0) is 65.5 Å². The van der Waals surface area contributed by atoms with Crippen LogP contribution in [-0.2, 0) is 4.79 Å². The van der Waals surface area contributed by atoms with Crippen molar-refractivity contribution in [1.82, 2.24) is 10.2 Å². The minimum atomic E-state index is -0.340. The maximum atomic E-state index is 12.6. The van der Waals surface area contributed by atoms with Gasteiger partial charge in [-0.25, -0.2) is 0 Å². The summed E-state index contributed by atoms with van der Waals surface area (Å²) in [7, 11) is 0. The smallest absolute Gasteiger partial charge is 0.261 e. The predicted molar refractivity (Wildman–Crippen MR) is 109 cm³/mol. The van der Waals surface area contributed by atoms with Crippen molar-refractivity contribution < 1.29 is 14.4 Å². The molecule has 2 N–H and O–H groups in total. The van der Waals surface area contributed by atoms with Crippen LogP contribution in [0.15, 0.2) is 34.1 Å². The van der Waals surface area contributed by atoms with E-state index in [1.165, 1.54) is 11.3 Å². The van der Waals surface area contributed by atoms with Crippen LogP contribution in [-0.4, -0.2) is 42.3 Å². The average molecular weight is 450 g/mol. The van der Waals surface area contributed by atoms with Gasteiger partial charge in [0, 0.05) is 24.3 Å². The van der Waals surface area contributed by atoms with Crippen LogP contribution in [0.2, 0.25) is 0 Å². The van der Waals surface area contributed by atoms with Crippen LogP contribution in [0.3, 0.4) is 0 Å². The Morgan fingerprint density at radius 1 is 1.15 bits per heavy atom. The van der Waals surface area contributed by atoms with Gasteiger partial charge in [-0.2, -0.15) is 0 Å². The van der Waals surface area contributed by atoms with Crippen molar-refractivity contribution in [2.75, 3.05) is 25.0 Å². The molecule has 1 fully saturated rings. The fraction of sp³-hybridized carbons (Fsp3) is 0.316. The summed E-state index contributed by atoms with van der Waals surface area (Å²) in [4.78, 5) is 39.2. The van der Waals surface area contributed by atoms with E-state index in [2.05, 4.69) is 26.6 Å². The first-order valence-corrected chi connectivity index (χ1v) is 10.3. The standard InChI is InChI=1S/C19H20BrN3O3S/c1-12-13(19(26)23-9-2-3-10-23)5-4-6-14(12)22-17(24)11-21-18(25)15-7-8-16(20)27-15/h4-8H,2-3,9-11H2,1H3,(H,21,25)(H,22,24). The van der Waals surface area contributed by atoms with Crippen LogP contribution >= 0.6 is 27.3 Å². The first-order chi connectivity index (χ1) is 13.0. The molecule has 1 aliphatic heterocycles. The van der Waals surface area contributed by atoms with E-state index in [-0.39, 0.29) is 24.3 Å². The van der Waals surface area contributed by atoms with Gasteiger partial charge < -0.3 is 15.5 Å². The van der Waals surface area contributed by atoms with Gasteiger partial charge in [-0.3, -0.25) is 14.4 Å². The van der Waals surface area contributed by atoms with Crippen LogP contribution in [0.1, 0.15) is 38.4 Å². The Bertz CT molecular complexity index is 875. The van der Waals surface area contributed by atoms with Gasteiger partial charge in [-0.1, -0.05) is 6.07 Å². The van der Waals surface area contributed by atoms with E-state index in [0.29, 0.717) is 16.1 Å². The van der Waals surface area contributed by atoms with Crippen molar-refractivity contribution in [2.24, 2.45) is 0 Å². The summed E-state index contributed by atoms with van der Waals surface area (Å²) in [5, 5.41) is 5.38. The predicted octanol–water partition coefficient (Wildman–Crippen LogP) is 3.42. The van der Waals surface area contributed by atoms with Gasteiger partial charge >= 0.3 is 0 Å². The number of thiophene rings is 1. The number of anilines is 1. The third-order valence-electron chi connectivity index (χ3n) is 4.44. The Labute approximate surface area is 170 Å². The summed E-state index contributed by atoms with van der Waals surface area (Å²) in [6.45, 7) is 3.23. The topological polar surface area (TPSA) is 78.5 Å². The number of hydrogen-bond acceptors (Lipinski definition) is 4. The highest BCUT2D eigenvalue weighted by molar-refractivity contribution is 9.11. The van der Waals surface area contributed by atoms with E-state index in [0.717, 1.165) is 35.3 Å². The second kappa shape index (κ2) is 8.67. The molecule has 3 amide bonds. The van der Waals surface area contributed by atoms with E-state index in [1.54, 1.807) is 30.3 Å². The monoisotopic (exact) mass is 449 g/mol. The molecule has 0 saturated carbocycles. The maximum absolute atomic E-state index is 12.6. The number of halogens is 1. The van der Waals surface area contributed by atoms with Gasteiger partial charge in [-0.15, -0.1) is 11.3 Å². The van der Waals surface area contributed by atoms with Crippen molar-refractivity contribution >= 4 is 50.7 Å². The minimum Gasteiger partial charge on any atom is -0.342 e. The number of amides is 3. The molecule has 142 valence electrons. The molecule has 0 bridgehead atoms. The molecule has 1 aromatic heterocycles. The second-order valence-electron chi connectivity index (χ2n) is 6.31. The van der Waals surface area contributed by atoms with Crippen LogP contribution in [0.4, 0.5) is 5.69 Å². The lowest BCUT2D eigenvalue weighted by Gasteiger charge is -2.18. The fourth-order valence-corrected chi connectivity index (χ4v) is 4.27. The molecule has 2 heterocycles. The first-order valence-electron chi connectivity index (χ1n) is 8.68. The zero-order valence-electron chi connectivity index (χ0n) is 14.9. The van der Waals surface area contributed by atoms with Crippen LogP contribution in [0.5, 0.6) is 0 Å². The number of hydrogen-bond donors (Lipinski definition) is 2. The van der Waals surface area contributed by atoms with Crippen molar-refractivity contribution in [3.8, 4) is 0 Å². The lowest BCUT2D eigenvalue weighted by atomic mass is 10.1. The number of carbonyl (C=O) groups excluding carboxylic acids is 3. The highest BCUT2D eigenvalue weighted by Crippen LogP contribution is 2.23. The largest absolute Gasteiger partial charge is 0.342 e. The number of carbonyl (C=O) groups is 3. The molecule has 8 heteroatoms. The molecular formula is C19H20BrN3O3S. The molecule has 0 atom stereocenters. The lowest BCUT2D eigenvalue weighted by Crippen LogP contribution is -2.33. The Hall–Kier alpha value is -2.19. The first kappa shape index (κ1) is 19.6. The zero-order valence-corrected chi connectivity index (χ0v) is 17.3. The summed E-state index contributed by atoms with van der Waals surface area (Å²) in [6, 6.07) is 8.77. The number of nitrogens with one attached hydrogen (secondary N) is 2. The molecule has 2 aromatic rings. The SMILES string of the molecule is Cc1c(NC(=O)CNC(=O)c2ccc(Br)s2)cccc1C(=O)N1CCCC1. The average Bonchev–Trinajstić information content (AvgIpc) is 3.33. The molecule has 1 aliphatic rings. The molecule has 3 rings (SSSR count). The molecule has 1 aromatic carbocycles. The Kier molecular flexibility index (Phi) is 6.28. The van der Waals surface area contributed by atoms with E-state index in [4.69, 9.17) is 0 Å². The summed E-state index contributed by atoms with van der Waals surface area (Å²) in [5.74, 6) is -0.638. The Morgan fingerprint density at radius 3 is 2.56 bits per heavy atom. The molecule has 0 spiro atoms.